The fourth-order valence-corrected chi connectivity index (χ4v) is 9.29. The van der Waals surface area contributed by atoms with Gasteiger partial charge in [0.15, 0.2) is 6.17 Å². The van der Waals surface area contributed by atoms with Crippen LogP contribution in [0, 0.1) is 22.2 Å². The Morgan fingerprint density at radius 1 is 0.741 bits per heavy atom. The monoisotopic (exact) mass is 496 g/mol. The van der Waals surface area contributed by atoms with Crippen molar-refractivity contribution in [2.75, 3.05) is 0 Å². The molecule has 7 fully saturated rings. The molecule has 0 aromatic rings. The normalized spacial score (nSPS) is 57.0. The van der Waals surface area contributed by atoms with E-state index in [-0.39, 0.29) is 11.5 Å². The van der Waals surface area contributed by atoms with Crippen LogP contribution < -0.4 is 0 Å². The molecule has 0 spiro atoms. The van der Waals surface area contributed by atoms with Crippen LogP contribution in [0.15, 0.2) is 0 Å². The van der Waals surface area contributed by atoms with Gasteiger partial charge < -0.3 is 5.11 Å². The molecule has 7 rings (SSSR count). The van der Waals surface area contributed by atoms with Gasteiger partial charge in [-0.25, -0.2) is 13.2 Å². The second kappa shape index (κ2) is 6.01. The third-order valence-corrected chi connectivity index (χ3v) is 11.9. The van der Waals surface area contributed by atoms with Crippen LogP contribution in [0.4, 0.5) is 13.2 Å². The highest BCUT2D eigenvalue weighted by Crippen LogP contribution is 2.76. The van der Waals surface area contributed by atoms with E-state index in [0.717, 1.165) is 64.2 Å². The van der Waals surface area contributed by atoms with Crippen LogP contribution in [-0.4, -0.2) is 26.7 Å². The molecule has 1 N–H and O–H groups in total. The summed E-state index contributed by atoms with van der Waals surface area (Å²) >= 11 is 2.00. The summed E-state index contributed by atoms with van der Waals surface area (Å²) in [7, 11) is 0. The summed E-state index contributed by atoms with van der Waals surface area (Å²) in [6.45, 7) is 0. The minimum absolute atomic E-state index is 0.138. The highest BCUT2D eigenvalue weighted by Gasteiger charge is 2.77. The van der Waals surface area contributed by atoms with Crippen LogP contribution >= 0.6 is 22.6 Å². The van der Waals surface area contributed by atoms with Gasteiger partial charge in [-0.05, 0) is 107 Å². The second-order valence-corrected chi connectivity index (χ2v) is 12.9. The lowest BCUT2D eigenvalue weighted by Gasteiger charge is -2.69. The predicted octanol–water partition coefficient (Wildman–Crippen LogP) is 6.60. The molecule has 1 unspecified atom stereocenters. The standard InChI is InChI=1S/C22H32F3IO/c23-17-20(26)11-13-21(14-12-20,22(17,24)25)19-8-5-18(6-9-19,7-10-19)15-1-3-16(27)4-2-15/h15-17,27H,1-14H2. The molecule has 5 heteroatoms. The Balaban J connectivity index is 1.41. The highest BCUT2D eigenvalue weighted by molar-refractivity contribution is 14.1. The maximum Gasteiger partial charge on any atom is 0.286 e. The van der Waals surface area contributed by atoms with E-state index >= 15 is 8.78 Å². The van der Waals surface area contributed by atoms with E-state index in [4.69, 9.17) is 0 Å². The molecule has 0 heterocycles. The molecule has 0 aliphatic heterocycles. The van der Waals surface area contributed by atoms with Crippen molar-refractivity contribution >= 4 is 22.6 Å². The number of fused-ring (bicyclic) bond motifs is 6. The molecule has 0 aromatic carbocycles. The van der Waals surface area contributed by atoms with Crippen molar-refractivity contribution in [1.29, 1.82) is 0 Å². The zero-order valence-corrected chi connectivity index (χ0v) is 18.2. The fourth-order valence-electron chi connectivity index (χ4n) is 8.36. The SMILES string of the molecule is OC1CCC(C23CCC(C45CCC(I)(CC4)C(F)C5(F)F)(CC2)CC3)CC1. The summed E-state index contributed by atoms with van der Waals surface area (Å²) in [6.07, 6.45) is 9.96. The van der Waals surface area contributed by atoms with Gasteiger partial charge >= 0.3 is 0 Å². The summed E-state index contributed by atoms with van der Waals surface area (Å²) in [6, 6.07) is 0. The Hall–Kier alpha value is 0.480. The van der Waals surface area contributed by atoms with E-state index in [0.29, 0.717) is 37.0 Å². The van der Waals surface area contributed by atoms with E-state index in [9.17, 15) is 9.50 Å². The third kappa shape index (κ3) is 2.39. The van der Waals surface area contributed by atoms with Gasteiger partial charge in [0.25, 0.3) is 5.92 Å². The number of alkyl halides is 4. The lowest BCUT2D eigenvalue weighted by Crippen LogP contribution is -2.71. The minimum atomic E-state index is -3.17. The van der Waals surface area contributed by atoms with Crippen LogP contribution in [0.1, 0.15) is 89.9 Å². The fraction of sp³-hybridized carbons (Fsp3) is 1.00. The lowest BCUT2D eigenvalue weighted by atomic mass is 9.37. The Kier molecular flexibility index (Phi) is 4.33. The molecule has 1 atom stereocenters. The first-order valence-electron chi connectivity index (χ1n) is 11.1. The molecule has 4 bridgehead atoms. The Morgan fingerprint density at radius 2 is 1.26 bits per heavy atom. The minimum Gasteiger partial charge on any atom is -0.393 e. The maximum absolute atomic E-state index is 15.5. The molecule has 0 radical (unpaired) electrons. The molecule has 0 aromatic heterocycles. The first kappa shape index (κ1) is 19.4. The lowest BCUT2D eigenvalue weighted by molar-refractivity contribution is -0.294. The summed E-state index contributed by atoms with van der Waals surface area (Å²) < 4.78 is 45.2. The van der Waals surface area contributed by atoms with Crippen LogP contribution in [0.5, 0.6) is 0 Å². The van der Waals surface area contributed by atoms with Crippen LogP contribution in [0.3, 0.4) is 0 Å². The van der Waals surface area contributed by atoms with Gasteiger partial charge in [0, 0.05) is 5.41 Å². The van der Waals surface area contributed by atoms with Crippen LogP contribution in [-0.2, 0) is 0 Å². The maximum atomic E-state index is 15.5. The van der Waals surface area contributed by atoms with Gasteiger partial charge in [0.1, 0.15) is 0 Å². The van der Waals surface area contributed by atoms with Crippen molar-refractivity contribution in [3.05, 3.63) is 0 Å². The Morgan fingerprint density at radius 3 is 1.78 bits per heavy atom. The predicted molar refractivity (Wildman–Crippen MR) is 108 cm³/mol. The third-order valence-electron chi connectivity index (χ3n) is 10.2. The number of aliphatic hydroxyl groups excluding tert-OH is 1. The molecule has 7 aliphatic rings. The van der Waals surface area contributed by atoms with Crippen molar-refractivity contribution in [3.63, 3.8) is 0 Å². The molecular formula is C22H32F3IO. The molecule has 7 aliphatic carbocycles. The Labute approximate surface area is 174 Å². The van der Waals surface area contributed by atoms with Gasteiger partial charge in [-0.15, -0.1) is 0 Å². The first-order valence-corrected chi connectivity index (χ1v) is 12.2. The smallest absolute Gasteiger partial charge is 0.286 e. The van der Waals surface area contributed by atoms with Crippen molar-refractivity contribution in [2.24, 2.45) is 22.2 Å². The van der Waals surface area contributed by atoms with Gasteiger partial charge in [0.05, 0.1) is 9.53 Å². The summed E-state index contributed by atoms with van der Waals surface area (Å²) in [4.78, 5) is 0. The molecule has 154 valence electrons. The molecule has 7 saturated carbocycles. The average Bonchev–Trinajstić information content (AvgIpc) is 2.68. The van der Waals surface area contributed by atoms with Gasteiger partial charge in [0.2, 0.25) is 0 Å². The van der Waals surface area contributed by atoms with Crippen LogP contribution in [0.2, 0.25) is 0 Å². The zero-order chi connectivity index (χ0) is 19.1. The number of rotatable bonds is 2. The van der Waals surface area contributed by atoms with Gasteiger partial charge in [-0.3, -0.25) is 0 Å². The number of halogens is 4. The van der Waals surface area contributed by atoms with E-state index in [1.165, 1.54) is 0 Å². The number of hydrogen-bond acceptors (Lipinski definition) is 1. The Bertz CT molecular complexity index is 580. The van der Waals surface area contributed by atoms with Gasteiger partial charge in [-0.1, -0.05) is 22.6 Å². The number of hydrogen-bond donors (Lipinski definition) is 1. The summed E-state index contributed by atoms with van der Waals surface area (Å²) in [5, 5.41) is 9.86. The van der Waals surface area contributed by atoms with E-state index in [1.807, 2.05) is 22.6 Å². The topological polar surface area (TPSA) is 20.2 Å². The van der Waals surface area contributed by atoms with Crippen molar-refractivity contribution in [1.82, 2.24) is 0 Å². The van der Waals surface area contributed by atoms with Crippen molar-refractivity contribution in [3.8, 4) is 0 Å². The van der Waals surface area contributed by atoms with Crippen LogP contribution in [0.25, 0.3) is 0 Å². The van der Waals surface area contributed by atoms with E-state index in [1.54, 1.807) is 0 Å². The van der Waals surface area contributed by atoms with E-state index < -0.39 is 20.9 Å². The molecular weight excluding hydrogens is 464 g/mol. The van der Waals surface area contributed by atoms with Gasteiger partial charge in [-0.2, -0.15) is 0 Å². The zero-order valence-electron chi connectivity index (χ0n) is 16.1. The molecule has 0 amide bonds. The first-order chi connectivity index (χ1) is 12.7. The average molecular weight is 496 g/mol. The largest absolute Gasteiger partial charge is 0.393 e. The molecule has 27 heavy (non-hydrogen) atoms. The van der Waals surface area contributed by atoms with E-state index in [2.05, 4.69) is 0 Å². The van der Waals surface area contributed by atoms with Crippen molar-refractivity contribution < 1.29 is 18.3 Å². The second-order valence-electron chi connectivity index (χ2n) is 10.8. The summed E-state index contributed by atoms with van der Waals surface area (Å²) in [5.41, 5.74) is -1.11. The highest BCUT2D eigenvalue weighted by atomic mass is 127. The summed E-state index contributed by atoms with van der Waals surface area (Å²) in [5.74, 6) is -2.51. The molecule has 0 saturated heterocycles. The quantitative estimate of drug-likeness (QED) is 0.338. The molecule has 1 nitrogen and oxygen atoms in total. The number of aliphatic hydroxyl groups is 1. The van der Waals surface area contributed by atoms with Crippen molar-refractivity contribution in [2.45, 2.75) is 112 Å².